The van der Waals surface area contributed by atoms with E-state index in [1.807, 2.05) is 24.3 Å². The van der Waals surface area contributed by atoms with Gasteiger partial charge in [-0.2, -0.15) is 0 Å². The maximum atomic E-state index is 12.0. The quantitative estimate of drug-likeness (QED) is 0.639. The van der Waals surface area contributed by atoms with Gasteiger partial charge in [0.15, 0.2) is 0 Å². The lowest BCUT2D eigenvalue weighted by Gasteiger charge is -1.99. The van der Waals surface area contributed by atoms with Crippen LogP contribution in [-0.4, -0.2) is 15.9 Å². The van der Waals surface area contributed by atoms with Gasteiger partial charge in [-0.15, -0.1) is 11.3 Å². The lowest BCUT2D eigenvalue weighted by molar-refractivity contribution is 0.0954. The maximum absolute atomic E-state index is 12.0. The molecule has 19 heavy (non-hydrogen) atoms. The fourth-order valence-electron chi connectivity index (χ4n) is 1.82. The number of carbonyl (C=O) groups is 1. The average Bonchev–Trinajstić information content (AvgIpc) is 3.04. The third-order valence-electron chi connectivity index (χ3n) is 2.74. The van der Waals surface area contributed by atoms with Crippen LogP contribution in [0.4, 0.5) is 5.69 Å². The molecule has 3 aromatic rings. The zero-order chi connectivity index (χ0) is 13.2. The molecule has 0 radical (unpaired) electrons. The lowest BCUT2D eigenvalue weighted by Crippen LogP contribution is -2.22. The van der Waals surface area contributed by atoms with Crippen LogP contribution in [0.1, 0.15) is 15.5 Å². The van der Waals surface area contributed by atoms with Crippen LogP contribution in [0.5, 0.6) is 0 Å². The van der Waals surface area contributed by atoms with Crippen molar-refractivity contribution in [1.82, 2.24) is 15.3 Å². The highest BCUT2D eigenvalue weighted by Crippen LogP contribution is 2.27. The van der Waals surface area contributed by atoms with Gasteiger partial charge in [-0.05, 0) is 29.7 Å². The van der Waals surface area contributed by atoms with E-state index in [4.69, 9.17) is 5.73 Å². The van der Waals surface area contributed by atoms with Crippen molar-refractivity contribution in [2.24, 2.45) is 0 Å². The summed E-state index contributed by atoms with van der Waals surface area (Å²) in [4.78, 5) is 19.7. The number of amides is 1. The van der Waals surface area contributed by atoms with Gasteiger partial charge in [-0.3, -0.25) is 4.79 Å². The summed E-state index contributed by atoms with van der Waals surface area (Å²) in [5.74, 6) is 0.634. The molecule has 0 saturated heterocycles. The number of aromatic amines is 1. The summed E-state index contributed by atoms with van der Waals surface area (Å²) >= 11 is 1.45. The van der Waals surface area contributed by atoms with E-state index in [-0.39, 0.29) is 5.91 Å². The molecular weight excluding hydrogens is 260 g/mol. The number of aromatic nitrogens is 2. The topological polar surface area (TPSA) is 83.8 Å². The molecule has 0 atom stereocenters. The summed E-state index contributed by atoms with van der Waals surface area (Å²) in [6.45, 7) is 0.391. The Balaban J connectivity index is 1.77. The van der Waals surface area contributed by atoms with Gasteiger partial charge in [0.25, 0.3) is 5.91 Å². The lowest BCUT2D eigenvalue weighted by atomic mass is 10.2. The molecule has 0 aliphatic rings. The summed E-state index contributed by atoms with van der Waals surface area (Å²) < 4.78 is 1.05. The maximum Gasteiger partial charge on any atom is 0.261 e. The number of benzene rings is 1. The van der Waals surface area contributed by atoms with Crippen LogP contribution in [0.15, 0.2) is 36.7 Å². The van der Waals surface area contributed by atoms with Crippen LogP contribution < -0.4 is 11.1 Å². The number of carbonyl (C=O) groups excluding carboxylic acids is 1. The molecule has 0 aliphatic carbocycles. The van der Waals surface area contributed by atoms with E-state index in [1.54, 1.807) is 12.4 Å². The van der Waals surface area contributed by atoms with Gasteiger partial charge in [0, 0.05) is 22.8 Å². The summed E-state index contributed by atoms with van der Waals surface area (Å²) in [5, 5.41) is 3.82. The molecule has 96 valence electrons. The molecule has 0 bridgehead atoms. The van der Waals surface area contributed by atoms with E-state index in [9.17, 15) is 4.79 Å². The highest BCUT2D eigenvalue weighted by atomic mass is 32.1. The molecule has 0 spiro atoms. The number of nitrogens with zero attached hydrogens (tertiary/aromatic N) is 1. The Hall–Kier alpha value is -2.34. The number of nitrogens with two attached hydrogens (primary N) is 1. The Labute approximate surface area is 113 Å². The highest BCUT2D eigenvalue weighted by Gasteiger charge is 2.10. The molecule has 2 aromatic heterocycles. The van der Waals surface area contributed by atoms with E-state index >= 15 is 0 Å². The molecular formula is C13H12N4OS. The van der Waals surface area contributed by atoms with Gasteiger partial charge in [0.05, 0.1) is 11.4 Å². The standard InChI is InChI=1S/C13H12N4OS/c14-9-1-2-10-8(5-9)6-11(19-10)13(18)17-7-12-15-3-4-16-12/h1-6H,7,14H2,(H,15,16)(H,17,18). The number of thiophene rings is 1. The monoisotopic (exact) mass is 272 g/mol. The molecule has 1 aromatic carbocycles. The van der Waals surface area contributed by atoms with Gasteiger partial charge in [0.1, 0.15) is 5.82 Å². The van der Waals surface area contributed by atoms with E-state index in [1.165, 1.54) is 11.3 Å². The summed E-state index contributed by atoms with van der Waals surface area (Å²) in [7, 11) is 0. The fraction of sp³-hybridized carbons (Fsp3) is 0.0769. The summed E-state index contributed by atoms with van der Waals surface area (Å²) in [5.41, 5.74) is 6.43. The van der Waals surface area contributed by atoms with Crippen LogP contribution in [0.3, 0.4) is 0 Å². The van der Waals surface area contributed by atoms with Crippen molar-refractivity contribution in [3.05, 3.63) is 47.4 Å². The normalized spacial score (nSPS) is 10.7. The Morgan fingerprint density at radius 3 is 3.11 bits per heavy atom. The SMILES string of the molecule is Nc1ccc2sc(C(=O)NCc3ncc[nH]3)cc2c1. The van der Waals surface area contributed by atoms with Crippen molar-refractivity contribution >= 4 is 33.0 Å². The second kappa shape index (κ2) is 4.74. The van der Waals surface area contributed by atoms with Gasteiger partial charge in [0.2, 0.25) is 0 Å². The van der Waals surface area contributed by atoms with E-state index < -0.39 is 0 Å². The summed E-state index contributed by atoms with van der Waals surface area (Å²) in [6, 6.07) is 7.49. The first kappa shape index (κ1) is 11.7. The van der Waals surface area contributed by atoms with Gasteiger partial charge < -0.3 is 16.0 Å². The Bertz CT molecular complexity index is 717. The van der Waals surface area contributed by atoms with Gasteiger partial charge in [-0.25, -0.2) is 4.98 Å². The van der Waals surface area contributed by atoms with Gasteiger partial charge in [-0.1, -0.05) is 0 Å². The zero-order valence-corrected chi connectivity index (χ0v) is 10.8. The van der Waals surface area contributed by atoms with Crippen LogP contribution >= 0.6 is 11.3 Å². The third-order valence-corrected chi connectivity index (χ3v) is 3.85. The van der Waals surface area contributed by atoms with Crippen LogP contribution in [-0.2, 0) is 6.54 Å². The fourth-order valence-corrected chi connectivity index (χ4v) is 2.78. The van der Waals surface area contributed by atoms with E-state index in [2.05, 4.69) is 15.3 Å². The number of H-pyrrole nitrogens is 1. The van der Waals surface area contributed by atoms with Crippen LogP contribution in [0.2, 0.25) is 0 Å². The molecule has 5 nitrogen and oxygen atoms in total. The number of fused-ring (bicyclic) bond motifs is 1. The first-order valence-corrected chi connectivity index (χ1v) is 6.59. The molecule has 4 N–H and O–H groups in total. The Morgan fingerprint density at radius 1 is 1.42 bits per heavy atom. The largest absolute Gasteiger partial charge is 0.399 e. The second-order valence-corrected chi connectivity index (χ2v) is 5.21. The molecule has 3 rings (SSSR count). The minimum absolute atomic E-state index is 0.101. The first-order valence-electron chi connectivity index (χ1n) is 5.78. The number of nitrogens with one attached hydrogen (secondary N) is 2. The van der Waals surface area contributed by atoms with Gasteiger partial charge >= 0.3 is 0 Å². The number of hydrogen-bond donors (Lipinski definition) is 3. The number of anilines is 1. The molecule has 2 heterocycles. The highest BCUT2D eigenvalue weighted by molar-refractivity contribution is 7.20. The smallest absolute Gasteiger partial charge is 0.261 e. The molecule has 6 heteroatoms. The average molecular weight is 272 g/mol. The molecule has 0 unspecified atom stereocenters. The van der Waals surface area contributed by atoms with Crippen molar-refractivity contribution in [2.45, 2.75) is 6.54 Å². The van der Waals surface area contributed by atoms with Crippen molar-refractivity contribution in [2.75, 3.05) is 5.73 Å². The van der Waals surface area contributed by atoms with Crippen molar-refractivity contribution in [3.8, 4) is 0 Å². The zero-order valence-electron chi connectivity index (χ0n) is 10.0. The van der Waals surface area contributed by atoms with E-state index in [0.29, 0.717) is 17.1 Å². The molecule has 0 saturated carbocycles. The Kier molecular flexibility index (Phi) is 2.92. The van der Waals surface area contributed by atoms with E-state index in [0.717, 1.165) is 15.9 Å². The predicted octanol–water partition coefficient (Wildman–Crippen LogP) is 2.14. The van der Waals surface area contributed by atoms with Crippen molar-refractivity contribution in [1.29, 1.82) is 0 Å². The molecule has 0 fully saturated rings. The van der Waals surface area contributed by atoms with Crippen molar-refractivity contribution < 1.29 is 4.79 Å². The number of rotatable bonds is 3. The third kappa shape index (κ3) is 2.43. The summed E-state index contributed by atoms with van der Waals surface area (Å²) in [6.07, 6.45) is 3.38. The molecule has 1 amide bonds. The number of nitrogen functional groups attached to an aromatic ring is 1. The Morgan fingerprint density at radius 2 is 2.32 bits per heavy atom. The molecule has 0 aliphatic heterocycles. The van der Waals surface area contributed by atoms with Crippen LogP contribution in [0.25, 0.3) is 10.1 Å². The minimum atomic E-state index is -0.101. The minimum Gasteiger partial charge on any atom is -0.399 e. The first-order chi connectivity index (χ1) is 9.22. The second-order valence-electron chi connectivity index (χ2n) is 4.13. The number of hydrogen-bond acceptors (Lipinski definition) is 4. The predicted molar refractivity (Wildman–Crippen MR) is 76.0 cm³/mol. The van der Waals surface area contributed by atoms with Crippen LogP contribution in [0, 0.1) is 0 Å². The number of imidazole rings is 1. The van der Waals surface area contributed by atoms with Crippen molar-refractivity contribution in [3.63, 3.8) is 0 Å².